The Morgan fingerprint density at radius 3 is 2.79 bits per heavy atom. The molecule has 0 radical (unpaired) electrons. The maximum Gasteiger partial charge on any atom is 0.244 e. The normalized spacial score (nSPS) is 15.2. The van der Waals surface area contributed by atoms with E-state index in [2.05, 4.69) is 40.1 Å². The van der Waals surface area contributed by atoms with Crippen LogP contribution in [0.1, 0.15) is 5.56 Å². The van der Waals surface area contributed by atoms with Crippen molar-refractivity contribution in [1.82, 2.24) is 24.6 Å². The summed E-state index contributed by atoms with van der Waals surface area (Å²) in [4.78, 5) is 25.1. The van der Waals surface area contributed by atoms with E-state index in [1.54, 1.807) is 22.3 Å². The minimum atomic E-state index is 0.0836. The Balaban J connectivity index is 1.41. The smallest absolute Gasteiger partial charge is 0.244 e. The first-order valence-corrected chi connectivity index (χ1v) is 8.73. The summed E-state index contributed by atoms with van der Waals surface area (Å²) in [7, 11) is 0. The highest BCUT2D eigenvalue weighted by Gasteiger charge is 2.23. The van der Waals surface area contributed by atoms with Crippen molar-refractivity contribution in [2.75, 3.05) is 31.1 Å². The minimum absolute atomic E-state index is 0.0836. The van der Waals surface area contributed by atoms with Crippen LogP contribution in [0.2, 0.25) is 0 Å². The molecule has 2 aromatic heterocycles. The number of amides is 1. The average Bonchev–Trinajstić information content (AvgIpc) is 3.25. The third kappa shape index (κ3) is 2.84. The van der Waals surface area contributed by atoms with Crippen molar-refractivity contribution in [3.05, 3.63) is 36.4 Å². The van der Waals surface area contributed by atoms with Gasteiger partial charge in [-0.3, -0.25) is 4.79 Å². The third-order valence-corrected chi connectivity index (χ3v) is 5.36. The third-order valence-electron chi connectivity index (χ3n) is 4.28. The summed E-state index contributed by atoms with van der Waals surface area (Å²) in [6.45, 7) is 5.38. The summed E-state index contributed by atoms with van der Waals surface area (Å²) in [6, 6.07) is 6.27. The Bertz CT molecular complexity index is 851. The molecule has 0 bridgehead atoms. The fourth-order valence-electron chi connectivity index (χ4n) is 2.91. The minimum Gasteiger partial charge on any atom is -0.345 e. The molecule has 0 spiro atoms. The number of nitrogens with zero attached hydrogens (tertiary/aromatic N) is 6. The van der Waals surface area contributed by atoms with Gasteiger partial charge in [0.15, 0.2) is 5.13 Å². The highest BCUT2D eigenvalue weighted by atomic mass is 32.1. The summed E-state index contributed by atoms with van der Waals surface area (Å²) >= 11 is 1.72. The number of aromatic nitrogens is 4. The Morgan fingerprint density at radius 1 is 1.25 bits per heavy atom. The molecule has 7 nitrogen and oxygen atoms in total. The predicted molar refractivity (Wildman–Crippen MR) is 93.2 cm³/mol. The number of carbonyl (C=O) groups excluding carboxylic acids is 1. The van der Waals surface area contributed by atoms with Gasteiger partial charge in [-0.05, 0) is 18.6 Å². The van der Waals surface area contributed by atoms with Crippen molar-refractivity contribution in [3.8, 4) is 0 Å². The molecule has 1 fully saturated rings. The molecule has 1 saturated heterocycles. The van der Waals surface area contributed by atoms with Gasteiger partial charge < -0.3 is 9.80 Å². The number of thiazole rings is 1. The molecule has 0 atom stereocenters. The molecule has 124 valence electrons. The van der Waals surface area contributed by atoms with Gasteiger partial charge in [-0.2, -0.15) is 5.10 Å². The molecule has 24 heavy (non-hydrogen) atoms. The molecular formula is C16H18N6OS. The van der Waals surface area contributed by atoms with Crippen LogP contribution in [-0.2, 0) is 11.3 Å². The van der Waals surface area contributed by atoms with E-state index in [-0.39, 0.29) is 12.5 Å². The lowest BCUT2D eigenvalue weighted by atomic mass is 10.2. The Morgan fingerprint density at radius 2 is 2.08 bits per heavy atom. The molecule has 1 aliphatic rings. The quantitative estimate of drug-likeness (QED) is 0.722. The van der Waals surface area contributed by atoms with Crippen LogP contribution >= 0.6 is 11.3 Å². The molecule has 8 heteroatoms. The first-order chi connectivity index (χ1) is 11.7. The van der Waals surface area contributed by atoms with Crippen LogP contribution in [0.15, 0.2) is 30.9 Å². The van der Waals surface area contributed by atoms with E-state index in [1.807, 2.05) is 4.90 Å². The summed E-state index contributed by atoms with van der Waals surface area (Å²) in [5.41, 5.74) is 2.29. The van der Waals surface area contributed by atoms with Crippen LogP contribution in [0.4, 0.5) is 5.13 Å². The van der Waals surface area contributed by atoms with E-state index in [9.17, 15) is 4.79 Å². The lowest BCUT2D eigenvalue weighted by Gasteiger charge is -2.34. The van der Waals surface area contributed by atoms with Gasteiger partial charge >= 0.3 is 0 Å². The number of carbonyl (C=O) groups is 1. The maximum atomic E-state index is 12.3. The van der Waals surface area contributed by atoms with Crippen molar-refractivity contribution in [2.45, 2.75) is 13.5 Å². The van der Waals surface area contributed by atoms with E-state index in [0.717, 1.165) is 23.7 Å². The van der Waals surface area contributed by atoms with Crippen LogP contribution in [0.3, 0.4) is 0 Å². The van der Waals surface area contributed by atoms with E-state index in [4.69, 9.17) is 4.98 Å². The lowest BCUT2D eigenvalue weighted by Crippen LogP contribution is -2.49. The fraction of sp³-hybridized carbons (Fsp3) is 0.375. The van der Waals surface area contributed by atoms with Crippen molar-refractivity contribution < 1.29 is 4.79 Å². The molecule has 1 aromatic carbocycles. The summed E-state index contributed by atoms with van der Waals surface area (Å²) < 4.78 is 2.78. The van der Waals surface area contributed by atoms with Gasteiger partial charge in [0.2, 0.25) is 5.91 Å². The van der Waals surface area contributed by atoms with E-state index in [1.165, 1.54) is 16.6 Å². The predicted octanol–water partition coefficient (Wildman–Crippen LogP) is 1.55. The molecular weight excluding hydrogens is 324 g/mol. The topological polar surface area (TPSA) is 67.2 Å². The zero-order valence-corrected chi connectivity index (χ0v) is 14.2. The van der Waals surface area contributed by atoms with Gasteiger partial charge in [0.1, 0.15) is 19.2 Å². The number of fused-ring (bicyclic) bond motifs is 1. The van der Waals surface area contributed by atoms with Crippen LogP contribution in [-0.4, -0.2) is 56.7 Å². The maximum absolute atomic E-state index is 12.3. The number of para-hydroxylation sites is 1. The van der Waals surface area contributed by atoms with E-state index < -0.39 is 0 Å². The van der Waals surface area contributed by atoms with Crippen LogP contribution in [0.25, 0.3) is 10.2 Å². The van der Waals surface area contributed by atoms with Crippen LogP contribution in [0, 0.1) is 6.92 Å². The van der Waals surface area contributed by atoms with Crippen molar-refractivity contribution in [1.29, 1.82) is 0 Å². The summed E-state index contributed by atoms with van der Waals surface area (Å²) in [5.74, 6) is 0.0836. The average molecular weight is 342 g/mol. The second-order valence-electron chi connectivity index (χ2n) is 5.88. The fourth-order valence-corrected chi connectivity index (χ4v) is 4.01. The number of anilines is 1. The molecule has 3 heterocycles. The molecule has 0 N–H and O–H groups in total. The van der Waals surface area contributed by atoms with Crippen molar-refractivity contribution >= 4 is 32.6 Å². The van der Waals surface area contributed by atoms with Crippen molar-refractivity contribution in [2.24, 2.45) is 0 Å². The van der Waals surface area contributed by atoms with Gasteiger partial charge in [-0.1, -0.05) is 23.5 Å². The number of aryl methyl sites for hydroxylation is 1. The number of benzene rings is 1. The molecule has 1 aliphatic heterocycles. The van der Waals surface area contributed by atoms with E-state index >= 15 is 0 Å². The Hall–Kier alpha value is -2.48. The van der Waals surface area contributed by atoms with Gasteiger partial charge in [0.05, 0.1) is 10.2 Å². The highest BCUT2D eigenvalue weighted by Crippen LogP contribution is 2.30. The SMILES string of the molecule is Cc1cccc2sc(N3CCN(C(=O)Cn4cncn4)CC3)nc12. The Kier molecular flexibility index (Phi) is 3.89. The highest BCUT2D eigenvalue weighted by molar-refractivity contribution is 7.22. The first kappa shape index (κ1) is 15.1. The zero-order valence-electron chi connectivity index (χ0n) is 13.4. The van der Waals surface area contributed by atoms with Gasteiger partial charge in [0.25, 0.3) is 0 Å². The number of hydrogen-bond acceptors (Lipinski definition) is 6. The summed E-state index contributed by atoms with van der Waals surface area (Å²) in [6.07, 6.45) is 3.01. The molecule has 0 unspecified atom stereocenters. The van der Waals surface area contributed by atoms with E-state index in [0.29, 0.717) is 13.1 Å². The zero-order chi connectivity index (χ0) is 16.5. The lowest BCUT2D eigenvalue weighted by molar-refractivity contribution is -0.132. The molecule has 0 saturated carbocycles. The van der Waals surface area contributed by atoms with Gasteiger partial charge in [0, 0.05) is 26.2 Å². The molecule has 0 aliphatic carbocycles. The Labute approximate surface area is 143 Å². The standard InChI is InChI=1S/C16H18N6OS/c1-12-3-2-4-13-15(12)19-16(24-13)21-7-5-20(6-8-21)14(23)9-22-11-17-10-18-22/h2-4,10-11H,5-9H2,1H3. The molecule has 1 amide bonds. The largest absolute Gasteiger partial charge is 0.345 e. The monoisotopic (exact) mass is 342 g/mol. The number of rotatable bonds is 3. The van der Waals surface area contributed by atoms with Crippen LogP contribution < -0.4 is 4.90 Å². The number of hydrogen-bond donors (Lipinski definition) is 0. The molecule has 3 aromatic rings. The van der Waals surface area contributed by atoms with Crippen molar-refractivity contribution in [3.63, 3.8) is 0 Å². The van der Waals surface area contributed by atoms with Gasteiger partial charge in [-0.25, -0.2) is 14.6 Å². The second-order valence-corrected chi connectivity index (χ2v) is 6.89. The van der Waals surface area contributed by atoms with Gasteiger partial charge in [-0.15, -0.1) is 0 Å². The first-order valence-electron chi connectivity index (χ1n) is 7.92. The number of piperazine rings is 1. The summed E-state index contributed by atoms with van der Waals surface area (Å²) in [5, 5.41) is 5.03. The van der Waals surface area contributed by atoms with Crippen LogP contribution in [0.5, 0.6) is 0 Å². The second kappa shape index (κ2) is 6.20. The molecule has 4 rings (SSSR count).